The van der Waals surface area contributed by atoms with E-state index in [1.807, 2.05) is 6.92 Å². The van der Waals surface area contributed by atoms with Crippen LogP contribution in [0.4, 0.5) is 0 Å². The molecule has 0 aliphatic heterocycles. The Bertz CT molecular complexity index is 835. The van der Waals surface area contributed by atoms with Crippen molar-refractivity contribution >= 4 is 39.7 Å². The van der Waals surface area contributed by atoms with Gasteiger partial charge in [-0.3, -0.25) is 0 Å². The highest BCUT2D eigenvalue weighted by atomic mass is 79.9. The molecule has 0 radical (unpaired) electrons. The van der Waals surface area contributed by atoms with Gasteiger partial charge in [0, 0.05) is 6.42 Å². The summed E-state index contributed by atoms with van der Waals surface area (Å²) in [5.74, 6) is 0.325. The van der Waals surface area contributed by atoms with Crippen LogP contribution in [0.25, 0.3) is 6.08 Å². The predicted molar refractivity (Wildman–Crippen MR) is 102 cm³/mol. The minimum Gasteiger partial charge on any atom is -0.493 e. The average molecular weight is 441 g/mol. The van der Waals surface area contributed by atoms with E-state index >= 15 is 0 Å². The molecular formula is C17H17BrN2O5S. The molecule has 7 nitrogen and oxygen atoms in total. The van der Waals surface area contributed by atoms with Crippen LogP contribution in [0, 0.1) is 0 Å². The molecule has 0 bridgehead atoms. The molecule has 0 saturated heterocycles. The lowest BCUT2D eigenvalue weighted by Gasteiger charge is -2.12. The zero-order valence-corrected chi connectivity index (χ0v) is 16.6. The van der Waals surface area contributed by atoms with Gasteiger partial charge >= 0.3 is 5.97 Å². The molecule has 2 aromatic rings. The Morgan fingerprint density at radius 3 is 2.81 bits per heavy atom. The highest BCUT2D eigenvalue weighted by Gasteiger charge is 2.16. The minimum absolute atomic E-state index is 0.0324. The van der Waals surface area contributed by atoms with Gasteiger partial charge in [-0.05, 0) is 51.5 Å². The third-order valence-electron chi connectivity index (χ3n) is 3.05. The molecule has 1 aromatic carbocycles. The molecular weight excluding hydrogens is 424 g/mol. The van der Waals surface area contributed by atoms with Gasteiger partial charge in [0.15, 0.2) is 11.5 Å². The summed E-state index contributed by atoms with van der Waals surface area (Å²) in [4.78, 5) is 11.6. The van der Waals surface area contributed by atoms with Gasteiger partial charge in [0.05, 0.1) is 11.6 Å². The Hall–Kier alpha value is -2.26. The predicted octanol–water partition coefficient (Wildman–Crippen LogP) is 4.19. The number of carboxylic acid groups (broad SMARTS) is 1. The number of aryl methyl sites for hydroxylation is 1. The first kappa shape index (κ1) is 20.1. The average Bonchev–Trinajstić information content (AvgIpc) is 3.07. The highest BCUT2D eigenvalue weighted by Crippen LogP contribution is 2.38. The van der Waals surface area contributed by atoms with Gasteiger partial charge in [-0.15, -0.1) is 10.2 Å². The topological polar surface area (TPSA) is 94.7 Å². The van der Waals surface area contributed by atoms with Crippen molar-refractivity contribution in [3.63, 3.8) is 0 Å². The van der Waals surface area contributed by atoms with Crippen LogP contribution in [0.3, 0.4) is 0 Å². The quantitative estimate of drug-likeness (QED) is 0.352. The van der Waals surface area contributed by atoms with Gasteiger partial charge in [0.25, 0.3) is 5.22 Å². The zero-order chi connectivity index (χ0) is 19.1. The van der Waals surface area contributed by atoms with Gasteiger partial charge < -0.3 is 19.0 Å². The molecule has 1 N–H and O–H groups in total. The van der Waals surface area contributed by atoms with Crippen LogP contribution in [-0.4, -0.2) is 35.0 Å². The molecule has 26 heavy (non-hydrogen) atoms. The molecule has 2 rings (SSSR count). The lowest BCUT2D eigenvalue weighted by Crippen LogP contribution is -1.99. The maximum atomic E-state index is 11.6. The standard InChI is InChI=1S/C17H17BrN2O5S/c1-4-6-24-15-11(18)7-10(8-12(15)23-3)9-13(16(21)22)26-17-20-19-14(5-2)25-17/h4,7-9H,1,5-6H2,2-3H3,(H,21,22)/b13-9-. The molecule has 0 fully saturated rings. The number of hydrogen-bond acceptors (Lipinski definition) is 7. The fraction of sp³-hybridized carbons (Fsp3) is 0.235. The maximum Gasteiger partial charge on any atom is 0.342 e. The number of nitrogens with zero attached hydrogens (tertiary/aromatic N) is 2. The summed E-state index contributed by atoms with van der Waals surface area (Å²) in [6.45, 7) is 5.79. The first-order valence-corrected chi connectivity index (χ1v) is 9.15. The molecule has 0 spiro atoms. The molecule has 0 saturated carbocycles. The summed E-state index contributed by atoms with van der Waals surface area (Å²) in [6, 6.07) is 3.41. The van der Waals surface area contributed by atoms with Crippen molar-refractivity contribution in [1.29, 1.82) is 0 Å². The highest BCUT2D eigenvalue weighted by molar-refractivity contribution is 9.10. The fourth-order valence-corrected chi connectivity index (χ4v) is 3.17. The third kappa shape index (κ3) is 5.12. The fourth-order valence-electron chi connectivity index (χ4n) is 1.91. The lowest BCUT2D eigenvalue weighted by atomic mass is 10.2. The van der Waals surface area contributed by atoms with Crippen molar-refractivity contribution in [3.8, 4) is 11.5 Å². The largest absolute Gasteiger partial charge is 0.493 e. The lowest BCUT2D eigenvalue weighted by molar-refractivity contribution is -0.131. The second-order valence-electron chi connectivity index (χ2n) is 4.86. The van der Waals surface area contributed by atoms with E-state index in [2.05, 4.69) is 32.7 Å². The Kier molecular flexibility index (Phi) is 7.28. The van der Waals surface area contributed by atoms with Crippen molar-refractivity contribution < 1.29 is 23.8 Å². The SMILES string of the molecule is C=CCOc1c(Br)cc(/C=C(\Sc2nnc(CC)o2)C(=O)O)cc1OC. The Morgan fingerprint density at radius 2 is 2.23 bits per heavy atom. The monoisotopic (exact) mass is 440 g/mol. The van der Waals surface area contributed by atoms with Crippen molar-refractivity contribution in [3.05, 3.63) is 45.6 Å². The van der Waals surface area contributed by atoms with Crippen LogP contribution in [0.1, 0.15) is 18.4 Å². The Morgan fingerprint density at radius 1 is 1.46 bits per heavy atom. The smallest absolute Gasteiger partial charge is 0.342 e. The molecule has 1 heterocycles. The Labute approximate surface area is 163 Å². The number of rotatable bonds is 9. The third-order valence-corrected chi connectivity index (χ3v) is 4.49. The molecule has 0 unspecified atom stereocenters. The molecule has 0 aliphatic rings. The van der Waals surface area contributed by atoms with E-state index < -0.39 is 5.97 Å². The van der Waals surface area contributed by atoms with Crippen LogP contribution in [0.2, 0.25) is 0 Å². The number of aromatic nitrogens is 2. The number of thioether (sulfide) groups is 1. The van der Waals surface area contributed by atoms with Gasteiger partial charge in [-0.2, -0.15) is 0 Å². The number of methoxy groups -OCH3 is 1. The second-order valence-corrected chi connectivity index (χ2v) is 6.71. The van der Waals surface area contributed by atoms with Crippen molar-refractivity contribution in [1.82, 2.24) is 10.2 Å². The van der Waals surface area contributed by atoms with Crippen LogP contribution in [-0.2, 0) is 11.2 Å². The van der Waals surface area contributed by atoms with Crippen LogP contribution >= 0.6 is 27.7 Å². The van der Waals surface area contributed by atoms with E-state index in [1.54, 1.807) is 18.2 Å². The first-order chi connectivity index (χ1) is 12.5. The molecule has 0 aliphatic carbocycles. The summed E-state index contributed by atoms with van der Waals surface area (Å²) in [7, 11) is 1.51. The number of aliphatic carboxylic acids is 1. The van der Waals surface area contributed by atoms with E-state index in [-0.39, 0.29) is 10.1 Å². The molecule has 138 valence electrons. The second kappa shape index (κ2) is 9.44. The number of hydrogen-bond donors (Lipinski definition) is 1. The van der Waals surface area contributed by atoms with Crippen LogP contribution < -0.4 is 9.47 Å². The van der Waals surface area contributed by atoms with E-state index in [0.29, 0.717) is 40.5 Å². The molecule has 1 aromatic heterocycles. The van der Waals surface area contributed by atoms with E-state index in [4.69, 9.17) is 13.9 Å². The Balaban J connectivity index is 2.35. The molecule has 0 amide bonds. The van der Waals surface area contributed by atoms with Gasteiger partial charge in [0.1, 0.15) is 11.5 Å². The number of ether oxygens (including phenoxy) is 2. The van der Waals surface area contributed by atoms with Gasteiger partial charge in [-0.1, -0.05) is 19.6 Å². The summed E-state index contributed by atoms with van der Waals surface area (Å²) in [6.07, 6.45) is 3.69. The molecule has 0 atom stereocenters. The normalized spacial score (nSPS) is 11.3. The van der Waals surface area contributed by atoms with Crippen LogP contribution in [0.5, 0.6) is 11.5 Å². The van der Waals surface area contributed by atoms with Crippen molar-refractivity contribution in [2.24, 2.45) is 0 Å². The minimum atomic E-state index is -1.10. The summed E-state index contributed by atoms with van der Waals surface area (Å²) < 4.78 is 16.9. The number of benzene rings is 1. The van der Waals surface area contributed by atoms with Gasteiger partial charge in [0.2, 0.25) is 5.89 Å². The molecule has 9 heteroatoms. The number of carbonyl (C=O) groups is 1. The first-order valence-electron chi connectivity index (χ1n) is 7.54. The maximum absolute atomic E-state index is 11.6. The van der Waals surface area contributed by atoms with Crippen molar-refractivity contribution in [2.45, 2.75) is 18.6 Å². The van der Waals surface area contributed by atoms with Crippen molar-refractivity contribution in [2.75, 3.05) is 13.7 Å². The summed E-state index contributed by atoms with van der Waals surface area (Å²) in [5.41, 5.74) is 0.611. The van der Waals surface area contributed by atoms with E-state index in [1.165, 1.54) is 13.2 Å². The number of halogens is 1. The van der Waals surface area contributed by atoms with Crippen LogP contribution in [0.15, 0.2) is 43.8 Å². The summed E-state index contributed by atoms with van der Waals surface area (Å²) >= 11 is 4.30. The van der Waals surface area contributed by atoms with E-state index in [9.17, 15) is 9.90 Å². The zero-order valence-electron chi connectivity index (χ0n) is 14.2. The number of carboxylic acids is 1. The van der Waals surface area contributed by atoms with Gasteiger partial charge in [-0.25, -0.2) is 4.79 Å². The van der Waals surface area contributed by atoms with E-state index in [0.717, 1.165) is 11.8 Å². The summed E-state index contributed by atoms with van der Waals surface area (Å²) in [5, 5.41) is 17.3.